The van der Waals surface area contributed by atoms with Gasteiger partial charge in [0.1, 0.15) is 0 Å². The highest BCUT2D eigenvalue weighted by atomic mass is 16.5. The van der Waals surface area contributed by atoms with Gasteiger partial charge >= 0.3 is 5.97 Å². The molecule has 0 fully saturated rings. The highest BCUT2D eigenvalue weighted by Crippen LogP contribution is 2.14. The molecule has 2 nitrogen and oxygen atoms in total. The third-order valence-electron chi connectivity index (χ3n) is 5.33. The SMILES string of the molecule is CC(=O)OCCCC(C)=CCCC(C)=CCCC=C(C)CCC=C(C)CCC=C(C)C. The van der Waals surface area contributed by atoms with Crippen molar-refractivity contribution in [3.8, 4) is 0 Å². The van der Waals surface area contributed by atoms with E-state index in [0.29, 0.717) is 6.61 Å². The van der Waals surface area contributed by atoms with Gasteiger partial charge < -0.3 is 4.74 Å². The third-order valence-corrected chi connectivity index (χ3v) is 5.33. The van der Waals surface area contributed by atoms with E-state index in [1.54, 1.807) is 0 Å². The summed E-state index contributed by atoms with van der Waals surface area (Å²) in [6, 6.07) is 0. The standard InChI is InChI=1S/C29H48O2/c1-24(2)14-10-17-27(5)20-11-18-25(3)15-8-9-16-26(4)19-12-21-28(6)22-13-23-31-29(7)30/h14-16,20-21H,8-13,17-19,22-23H2,1-7H3. The number of esters is 1. The van der Waals surface area contributed by atoms with Gasteiger partial charge in [-0.1, -0.05) is 58.2 Å². The van der Waals surface area contributed by atoms with Crippen LogP contribution in [0.25, 0.3) is 0 Å². The Labute approximate surface area is 193 Å². The zero-order valence-corrected chi connectivity index (χ0v) is 21.5. The number of hydrogen-bond acceptors (Lipinski definition) is 2. The van der Waals surface area contributed by atoms with Gasteiger partial charge in [-0.05, 0) is 106 Å². The fourth-order valence-corrected chi connectivity index (χ4v) is 3.32. The molecular formula is C29H48O2. The van der Waals surface area contributed by atoms with Gasteiger partial charge in [0.15, 0.2) is 0 Å². The quantitative estimate of drug-likeness (QED) is 0.139. The van der Waals surface area contributed by atoms with Crippen molar-refractivity contribution in [1.82, 2.24) is 0 Å². The Hall–Kier alpha value is -1.83. The molecule has 0 aromatic carbocycles. The normalized spacial score (nSPS) is 13.4. The zero-order chi connectivity index (χ0) is 23.5. The summed E-state index contributed by atoms with van der Waals surface area (Å²) >= 11 is 0. The van der Waals surface area contributed by atoms with Crippen LogP contribution in [0, 0.1) is 0 Å². The third kappa shape index (κ3) is 21.2. The van der Waals surface area contributed by atoms with Crippen LogP contribution in [-0.2, 0) is 9.53 Å². The Bertz CT molecular complexity index is 652. The summed E-state index contributed by atoms with van der Waals surface area (Å²) < 4.78 is 4.98. The number of rotatable bonds is 16. The van der Waals surface area contributed by atoms with Crippen molar-refractivity contribution < 1.29 is 9.53 Å². The smallest absolute Gasteiger partial charge is 0.302 e. The summed E-state index contributed by atoms with van der Waals surface area (Å²) in [5, 5.41) is 0. The molecule has 0 aliphatic heterocycles. The minimum atomic E-state index is -0.190. The summed E-state index contributed by atoms with van der Waals surface area (Å²) in [5.41, 5.74) is 7.30. The maximum atomic E-state index is 10.7. The molecule has 0 spiro atoms. The van der Waals surface area contributed by atoms with E-state index >= 15 is 0 Å². The lowest BCUT2D eigenvalue weighted by Gasteiger charge is -2.04. The van der Waals surface area contributed by atoms with Crippen LogP contribution >= 0.6 is 0 Å². The van der Waals surface area contributed by atoms with Crippen molar-refractivity contribution in [3.05, 3.63) is 58.2 Å². The molecule has 0 N–H and O–H groups in total. The first-order chi connectivity index (χ1) is 14.7. The summed E-state index contributed by atoms with van der Waals surface area (Å²) in [6.45, 7) is 15.2. The lowest BCUT2D eigenvalue weighted by atomic mass is 10.0. The lowest BCUT2D eigenvalue weighted by molar-refractivity contribution is -0.141. The van der Waals surface area contributed by atoms with Gasteiger partial charge in [-0.15, -0.1) is 0 Å². The summed E-state index contributed by atoms with van der Waals surface area (Å²) in [7, 11) is 0. The summed E-state index contributed by atoms with van der Waals surface area (Å²) in [6.07, 6.45) is 22.9. The van der Waals surface area contributed by atoms with Gasteiger partial charge in [0.2, 0.25) is 0 Å². The monoisotopic (exact) mass is 428 g/mol. The van der Waals surface area contributed by atoms with E-state index in [0.717, 1.165) is 51.4 Å². The molecule has 0 aliphatic carbocycles. The molecule has 0 heterocycles. The molecule has 0 radical (unpaired) electrons. The highest BCUT2D eigenvalue weighted by Gasteiger charge is 1.96. The first-order valence-corrected chi connectivity index (χ1v) is 12.1. The van der Waals surface area contributed by atoms with Crippen LogP contribution in [0.1, 0.15) is 113 Å². The van der Waals surface area contributed by atoms with E-state index in [-0.39, 0.29) is 5.97 Å². The molecule has 0 aliphatic rings. The van der Waals surface area contributed by atoms with Gasteiger partial charge in [0.05, 0.1) is 6.61 Å². The molecule has 0 saturated carbocycles. The Kier molecular flexibility index (Phi) is 17.8. The van der Waals surface area contributed by atoms with Crippen LogP contribution in [0.5, 0.6) is 0 Å². The van der Waals surface area contributed by atoms with Crippen LogP contribution in [0.4, 0.5) is 0 Å². The maximum Gasteiger partial charge on any atom is 0.302 e. The first-order valence-electron chi connectivity index (χ1n) is 12.1. The molecule has 0 atom stereocenters. The molecule has 176 valence electrons. The Morgan fingerprint density at radius 3 is 1.35 bits per heavy atom. The van der Waals surface area contributed by atoms with Crippen molar-refractivity contribution in [1.29, 1.82) is 0 Å². The average molecular weight is 429 g/mol. The number of unbranched alkanes of at least 4 members (excludes halogenated alkanes) is 1. The number of ether oxygens (including phenoxy) is 1. The molecule has 0 bridgehead atoms. The number of allylic oxidation sites excluding steroid dienone is 10. The van der Waals surface area contributed by atoms with E-state index < -0.39 is 0 Å². The lowest BCUT2D eigenvalue weighted by Crippen LogP contribution is -2.00. The van der Waals surface area contributed by atoms with Crippen LogP contribution in [-0.4, -0.2) is 12.6 Å². The number of hydrogen-bond donors (Lipinski definition) is 0. The first kappa shape index (κ1) is 29.2. The van der Waals surface area contributed by atoms with Crippen LogP contribution < -0.4 is 0 Å². The van der Waals surface area contributed by atoms with Crippen molar-refractivity contribution in [2.75, 3.05) is 6.61 Å². The predicted octanol–water partition coefficient (Wildman–Crippen LogP) is 9.20. The minimum Gasteiger partial charge on any atom is -0.466 e. The molecule has 0 amide bonds. The topological polar surface area (TPSA) is 26.3 Å². The van der Waals surface area contributed by atoms with E-state index in [1.807, 2.05) is 0 Å². The van der Waals surface area contributed by atoms with Crippen LogP contribution in [0.2, 0.25) is 0 Å². The molecule has 0 saturated heterocycles. The Morgan fingerprint density at radius 1 is 0.548 bits per heavy atom. The maximum absolute atomic E-state index is 10.7. The second-order valence-corrected chi connectivity index (χ2v) is 9.12. The minimum absolute atomic E-state index is 0.190. The van der Waals surface area contributed by atoms with E-state index in [4.69, 9.17) is 4.74 Å². The van der Waals surface area contributed by atoms with Gasteiger partial charge in [0, 0.05) is 6.92 Å². The largest absolute Gasteiger partial charge is 0.466 e. The van der Waals surface area contributed by atoms with E-state index in [2.05, 4.69) is 71.9 Å². The molecule has 0 aromatic rings. The van der Waals surface area contributed by atoms with Gasteiger partial charge in [-0.25, -0.2) is 0 Å². The summed E-state index contributed by atoms with van der Waals surface area (Å²) in [4.78, 5) is 10.7. The second kappa shape index (κ2) is 18.9. The number of carbonyl (C=O) groups is 1. The zero-order valence-electron chi connectivity index (χ0n) is 21.5. The predicted molar refractivity (Wildman–Crippen MR) is 137 cm³/mol. The molecule has 2 heteroatoms. The molecule has 0 unspecified atom stereocenters. The van der Waals surface area contributed by atoms with Crippen molar-refractivity contribution in [3.63, 3.8) is 0 Å². The van der Waals surface area contributed by atoms with E-state index in [1.165, 1.54) is 47.6 Å². The fourth-order valence-electron chi connectivity index (χ4n) is 3.32. The van der Waals surface area contributed by atoms with Crippen molar-refractivity contribution in [2.24, 2.45) is 0 Å². The summed E-state index contributed by atoms with van der Waals surface area (Å²) in [5.74, 6) is -0.190. The molecule has 0 rings (SSSR count). The van der Waals surface area contributed by atoms with Gasteiger partial charge in [-0.2, -0.15) is 0 Å². The number of carbonyl (C=O) groups excluding carboxylic acids is 1. The fraction of sp³-hybridized carbons (Fsp3) is 0.621. The molecule has 0 aromatic heterocycles. The van der Waals surface area contributed by atoms with Crippen LogP contribution in [0.15, 0.2) is 58.2 Å². The highest BCUT2D eigenvalue weighted by molar-refractivity contribution is 5.65. The van der Waals surface area contributed by atoms with E-state index in [9.17, 15) is 4.79 Å². The molecular weight excluding hydrogens is 380 g/mol. The van der Waals surface area contributed by atoms with Gasteiger partial charge in [0.25, 0.3) is 0 Å². The Morgan fingerprint density at radius 2 is 0.935 bits per heavy atom. The molecule has 31 heavy (non-hydrogen) atoms. The average Bonchev–Trinajstić information content (AvgIpc) is 2.68. The second-order valence-electron chi connectivity index (χ2n) is 9.12. The van der Waals surface area contributed by atoms with Crippen LogP contribution in [0.3, 0.4) is 0 Å². The van der Waals surface area contributed by atoms with Crippen molar-refractivity contribution >= 4 is 5.97 Å². The van der Waals surface area contributed by atoms with Crippen molar-refractivity contribution in [2.45, 2.75) is 113 Å². The Balaban J connectivity index is 4.00. The van der Waals surface area contributed by atoms with Gasteiger partial charge in [-0.3, -0.25) is 4.79 Å².